The van der Waals surface area contributed by atoms with E-state index in [-0.39, 0.29) is 12.0 Å². The molecule has 0 saturated heterocycles. The van der Waals surface area contributed by atoms with Gasteiger partial charge in [-0.05, 0) is 33.8 Å². The molecule has 1 N–H and O–H groups in total. The number of hydrogen-bond donors (Lipinski definition) is 1. The van der Waals surface area contributed by atoms with Crippen molar-refractivity contribution in [3.05, 3.63) is 28.2 Å². The van der Waals surface area contributed by atoms with E-state index in [0.29, 0.717) is 12.0 Å². The van der Waals surface area contributed by atoms with Gasteiger partial charge in [-0.3, -0.25) is 0 Å². The minimum atomic E-state index is -0.463. The van der Waals surface area contributed by atoms with Gasteiger partial charge < -0.3 is 5.11 Å². The molecule has 78 valence electrons. The summed E-state index contributed by atoms with van der Waals surface area (Å²) in [5.41, 5.74) is 0.210. The summed E-state index contributed by atoms with van der Waals surface area (Å²) in [5.74, 6) is -0.463. The average molecular weight is 262 g/mol. The Bertz CT molecular complexity index is 328. The number of aromatic nitrogens is 1. The first kappa shape index (κ1) is 11.6. The third-order valence-electron chi connectivity index (χ3n) is 1.98. The van der Waals surface area contributed by atoms with Crippen molar-refractivity contribution in [3.63, 3.8) is 0 Å². The monoisotopic (exact) mass is 261 g/mol. The SMILES string of the molecule is CC(C)(CO)Cc1cc(Br)cnc1F. The lowest BCUT2D eigenvalue weighted by Gasteiger charge is -2.21. The first-order valence-corrected chi connectivity index (χ1v) is 5.15. The van der Waals surface area contributed by atoms with Crippen LogP contribution in [0.1, 0.15) is 19.4 Å². The molecule has 1 aromatic heterocycles. The topological polar surface area (TPSA) is 33.1 Å². The van der Waals surface area contributed by atoms with Gasteiger partial charge >= 0.3 is 0 Å². The number of aliphatic hydroxyl groups is 1. The molecule has 0 saturated carbocycles. The lowest BCUT2D eigenvalue weighted by atomic mass is 9.87. The van der Waals surface area contributed by atoms with E-state index in [1.807, 2.05) is 13.8 Å². The zero-order valence-electron chi connectivity index (χ0n) is 8.22. The molecule has 0 unspecified atom stereocenters. The van der Waals surface area contributed by atoms with Crippen LogP contribution < -0.4 is 0 Å². The molecule has 0 spiro atoms. The van der Waals surface area contributed by atoms with Crippen LogP contribution in [0.4, 0.5) is 4.39 Å². The maximum Gasteiger partial charge on any atom is 0.216 e. The molecule has 0 atom stereocenters. The van der Waals surface area contributed by atoms with Gasteiger partial charge in [0, 0.05) is 22.8 Å². The Kier molecular flexibility index (Phi) is 3.61. The van der Waals surface area contributed by atoms with Crippen LogP contribution in [-0.4, -0.2) is 16.7 Å². The lowest BCUT2D eigenvalue weighted by Crippen LogP contribution is -2.20. The largest absolute Gasteiger partial charge is 0.396 e. The summed E-state index contributed by atoms with van der Waals surface area (Å²) in [7, 11) is 0. The van der Waals surface area contributed by atoms with Crippen molar-refractivity contribution in [3.8, 4) is 0 Å². The molecular formula is C10H13BrFNO. The summed E-state index contributed by atoms with van der Waals surface area (Å²) in [6, 6.07) is 1.69. The zero-order valence-corrected chi connectivity index (χ0v) is 9.81. The first-order chi connectivity index (χ1) is 6.44. The Balaban J connectivity index is 2.91. The Morgan fingerprint density at radius 2 is 2.21 bits per heavy atom. The molecule has 1 aromatic rings. The molecule has 0 fully saturated rings. The second-order valence-electron chi connectivity index (χ2n) is 4.10. The van der Waals surface area contributed by atoms with E-state index in [9.17, 15) is 4.39 Å². The van der Waals surface area contributed by atoms with Crippen molar-refractivity contribution in [2.24, 2.45) is 5.41 Å². The van der Waals surface area contributed by atoms with Crippen LogP contribution in [0.5, 0.6) is 0 Å². The Labute approximate surface area is 91.3 Å². The van der Waals surface area contributed by atoms with Crippen LogP contribution in [-0.2, 0) is 6.42 Å². The molecule has 2 nitrogen and oxygen atoms in total. The summed E-state index contributed by atoms with van der Waals surface area (Å²) in [6.07, 6.45) is 1.90. The molecule has 0 aliphatic rings. The van der Waals surface area contributed by atoms with Crippen LogP contribution >= 0.6 is 15.9 Å². The van der Waals surface area contributed by atoms with Crippen LogP contribution in [0, 0.1) is 11.4 Å². The number of halogens is 2. The smallest absolute Gasteiger partial charge is 0.216 e. The van der Waals surface area contributed by atoms with E-state index in [1.54, 1.807) is 6.07 Å². The molecule has 0 aliphatic heterocycles. The molecule has 0 aliphatic carbocycles. The third kappa shape index (κ3) is 3.03. The summed E-state index contributed by atoms with van der Waals surface area (Å²) < 4.78 is 14.0. The minimum absolute atomic E-state index is 0.0267. The van der Waals surface area contributed by atoms with Gasteiger partial charge in [0.2, 0.25) is 5.95 Å². The van der Waals surface area contributed by atoms with E-state index < -0.39 is 5.95 Å². The van der Waals surface area contributed by atoms with Gasteiger partial charge in [0.05, 0.1) is 0 Å². The molecule has 0 amide bonds. The van der Waals surface area contributed by atoms with Crippen LogP contribution in [0.25, 0.3) is 0 Å². The summed E-state index contributed by atoms with van der Waals surface area (Å²) in [6.45, 7) is 3.79. The lowest BCUT2D eigenvalue weighted by molar-refractivity contribution is 0.158. The highest BCUT2D eigenvalue weighted by Crippen LogP contribution is 2.23. The fraction of sp³-hybridized carbons (Fsp3) is 0.500. The van der Waals surface area contributed by atoms with E-state index in [1.165, 1.54) is 6.20 Å². The van der Waals surface area contributed by atoms with E-state index in [4.69, 9.17) is 5.11 Å². The van der Waals surface area contributed by atoms with Crippen molar-refractivity contribution >= 4 is 15.9 Å². The molecule has 4 heteroatoms. The zero-order chi connectivity index (χ0) is 10.8. The molecule has 14 heavy (non-hydrogen) atoms. The second-order valence-corrected chi connectivity index (χ2v) is 5.02. The summed E-state index contributed by atoms with van der Waals surface area (Å²) >= 11 is 3.23. The number of nitrogens with zero attached hydrogens (tertiary/aromatic N) is 1. The average Bonchev–Trinajstić information content (AvgIpc) is 2.11. The van der Waals surface area contributed by atoms with Gasteiger partial charge in [0.15, 0.2) is 0 Å². The number of pyridine rings is 1. The Hall–Kier alpha value is -0.480. The fourth-order valence-electron chi connectivity index (χ4n) is 1.16. The summed E-state index contributed by atoms with van der Waals surface area (Å²) in [5, 5.41) is 9.06. The van der Waals surface area contributed by atoms with E-state index >= 15 is 0 Å². The molecular weight excluding hydrogens is 249 g/mol. The van der Waals surface area contributed by atoms with Gasteiger partial charge in [-0.1, -0.05) is 13.8 Å². The molecule has 1 heterocycles. The predicted octanol–water partition coefficient (Wildman–Crippen LogP) is 2.54. The second kappa shape index (κ2) is 4.36. The van der Waals surface area contributed by atoms with Gasteiger partial charge in [-0.15, -0.1) is 0 Å². The van der Waals surface area contributed by atoms with Crippen molar-refractivity contribution in [2.45, 2.75) is 20.3 Å². The highest BCUT2D eigenvalue weighted by atomic mass is 79.9. The number of aliphatic hydroxyl groups excluding tert-OH is 1. The van der Waals surface area contributed by atoms with Crippen molar-refractivity contribution in [1.82, 2.24) is 4.98 Å². The van der Waals surface area contributed by atoms with E-state index in [0.717, 1.165) is 4.47 Å². The van der Waals surface area contributed by atoms with Gasteiger partial charge in [-0.2, -0.15) is 4.39 Å². The standard InChI is InChI=1S/C10H13BrFNO/c1-10(2,6-14)4-7-3-8(11)5-13-9(7)12/h3,5,14H,4,6H2,1-2H3. The molecule has 0 aromatic carbocycles. The Morgan fingerprint density at radius 3 is 2.79 bits per heavy atom. The Morgan fingerprint density at radius 1 is 1.57 bits per heavy atom. The highest BCUT2D eigenvalue weighted by Gasteiger charge is 2.19. The van der Waals surface area contributed by atoms with Crippen LogP contribution in [0.3, 0.4) is 0 Å². The quantitative estimate of drug-likeness (QED) is 0.849. The fourth-order valence-corrected chi connectivity index (χ4v) is 1.54. The van der Waals surface area contributed by atoms with Crippen molar-refractivity contribution in [1.29, 1.82) is 0 Å². The minimum Gasteiger partial charge on any atom is -0.396 e. The van der Waals surface area contributed by atoms with Gasteiger partial charge in [-0.25, -0.2) is 4.98 Å². The number of hydrogen-bond acceptors (Lipinski definition) is 2. The number of rotatable bonds is 3. The molecule has 0 bridgehead atoms. The third-order valence-corrected chi connectivity index (χ3v) is 2.41. The highest BCUT2D eigenvalue weighted by molar-refractivity contribution is 9.10. The summed E-state index contributed by atoms with van der Waals surface area (Å²) in [4.78, 5) is 3.60. The van der Waals surface area contributed by atoms with Gasteiger partial charge in [0.25, 0.3) is 0 Å². The first-order valence-electron chi connectivity index (χ1n) is 4.35. The van der Waals surface area contributed by atoms with Crippen molar-refractivity contribution < 1.29 is 9.50 Å². The van der Waals surface area contributed by atoms with Crippen LogP contribution in [0.2, 0.25) is 0 Å². The maximum absolute atomic E-state index is 13.2. The predicted molar refractivity (Wildman–Crippen MR) is 56.5 cm³/mol. The molecule has 0 radical (unpaired) electrons. The molecule has 1 rings (SSSR count). The maximum atomic E-state index is 13.2. The van der Waals surface area contributed by atoms with Crippen molar-refractivity contribution in [2.75, 3.05) is 6.61 Å². The van der Waals surface area contributed by atoms with Gasteiger partial charge in [0.1, 0.15) is 0 Å². The normalized spacial score (nSPS) is 11.8. The van der Waals surface area contributed by atoms with E-state index in [2.05, 4.69) is 20.9 Å². The van der Waals surface area contributed by atoms with Crippen LogP contribution in [0.15, 0.2) is 16.7 Å².